The molecule has 0 aliphatic heterocycles. The van der Waals surface area contributed by atoms with Crippen LogP contribution in [0.2, 0.25) is 0 Å². The van der Waals surface area contributed by atoms with E-state index in [0.717, 1.165) is 32.1 Å². The zero-order chi connectivity index (χ0) is 10.7. The fraction of sp³-hybridized carbons (Fsp3) is 0.769. The zero-order valence-electron chi connectivity index (χ0n) is 9.50. The first-order valence-electron chi connectivity index (χ1n) is 6.15. The highest BCUT2D eigenvalue weighted by Crippen LogP contribution is 2.45. The van der Waals surface area contributed by atoms with Crippen LogP contribution in [0.15, 0.2) is 12.2 Å². The van der Waals surface area contributed by atoms with Crippen LogP contribution in [0.1, 0.15) is 51.9 Å². The number of carbonyl (C=O) groups excluding carboxylic acids is 1. The topological polar surface area (TPSA) is 26.3 Å². The first-order valence-corrected chi connectivity index (χ1v) is 6.15. The largest absolute Gasteiger partial charge is 0.455 e. The molecular formula is C13H20O2. The van der Waals surface area contributed by atoms with Gasteiger partial charge in [0, 0.05) is 6.42 Å². The van der Waals surface area contributed by atoms with Gasteiger partial charge in [-0.15, -0.1) is 0 Å². The fourth-order valence-electron chi connectivity index (χ4n) is 2.63. The summed E-state index contributed by atoms with van der Waals surface area (Å²) in [6, 6.07) is 0. The minimum atomic E-state index is -0.200. The molecule has 2 unspecified atom stereocenters. The van der Waals surface area contributed by atoms with E-state index in [9.17, 15) is 4.79 Å². The molecule has 2 bridgehead atoms. The van der Waals surface area contributed by atoms with E-state index >= 15 is 0 Å². The second-order valence-corrected chi connectivity index (χ2v) is 4.86. The number of esters is 1. The smallest absolute Gasteiger partial charge is 0.306 e. The van der Waals surface area contributed by atoms with Crippen molar-refractivity contribution in [1.29, 1.82) is 0 Å². The number of fused-ring (bicyclic) bond motifs is 2. The lowest BCUT2D eigenvalue weighted by Gasteiger charge is -2.23. The van der Waals surface area contributed by atoms with Gasteiger partial charge in [-0.25, -0.2) is 0 Å². The van der Waals surface area contributed by atoms with E-state index in [1.165, 1.54) is 6.42 Å². The van der Waals surface area contributed by atoms with E-state index in [1.807, 2.05) is 0 Å². The Balaban J connectivity index is 1.77. The average molecular weight is 208 g/mol. The van der Waals surface area contributed by atoms with Crippen LogP contribution >= 0.6 is 0 Å². The van der Waals surface area contributed by atoms with Crippen molar-refractivity contribution in [3.05, 3.63) is 12.2 Å². The second-order valence-electron chi connectivity index (χ2n) is 4.86. The van der Waals surface area contributed by atoms with Gasteiger partial charge < -0.3 is 4.74 Å². The first kappa shape index (κ1) is 10.7. The van der Waals surface area contributed by atoms with Crippen LogP contribution in [0, 0.1) is 5.92 Å². The van der Waals surface area contributed by atoms with Crippen molar-refractivity contribution in [3.8, 4) is 0 Å². The van der Waals surface area contributed by atoms with Crippen LogP contribution in [0.5, 0.6) is 0 Å². The van der Waals surface area contributed by atoms with Crippen molar-refractivity contribution in [1.82, 2.24) is 0 Å². The molecule has 0 aromatic heterocycles. The monoisotopic (exact) mass is 208 g/mol. The van der Waals surface area contributed by atoms with E-state index in [2.05, 4.69) is 19.1 Å². The molecule has 2 nitrogen and oxygen atoms in total. The quantitative estimate of drug-likeness (QED) is 0.394. The normalized spacial score (nSPS) is 32.2. The molecule has 2 aliphatic carbocycles. The van der Waals surface area contributed by atoms with Gasteiger partial charge in [0.25, 0.3) is 0 Å². The van der Waals surface area contributed by atoms with Gasteiger partial charge in [-0.05, 0) is 37.7 Å². The van der Waals surface area contributed by atoms with E-state index in [1.54, 1.807) is 0 Å². The predicted molar refractivity (Wildman–Crippen MR) is 59.4 cm³/mol. The summed E-state index contributed by atoms with van der Waals surface area (Å²) in [5, 5.41) is 0. The Morgan fingerprint density at radius 3 is 2.93 bits per heavy atom. The van der Waals surface area contributed by atoms with Gasteiger partial charge in [-0.3, -0.25) is 4.79 Å². The third-order valence-corrected chi connectivity index (χ3v) is 3.52. The maximum absolute atomic E-state index is 11.6. The molecule has 2 rings (SSSR count). The van der Waals surface area contributed by atoms with Gasteiger partial charge >= 0.3 is 5.97 Å². The number of rotatable bonds is 5. The summed E-state index contributed by atoms with van der Waals surface area (Å²) < 4.78 is 5.61. The van der Waals surface area contributed by atoms with Gasteiger partial charge in [0.2, 0.25) is 0 Å². The van der Waals surface area contributed by atoms with Crippen molar-refractivity contribution in [2.45, 2.75) is 57.5 Å². The van der Waals surface area contributed by atoms with E-state index in [4.69, 9.17) is 4.74 Å². The Labute approximate surface area is 91.7 Å². The third-order valence-electron chi connectivity index (χ3n) is 3.52. The van der Waals surface area contributed by atoms with Crippen molar-refractivity contribution < 1.29 is 9.53 Å². The average Bonchev–Trinajstić information content (AvgIpc) is 2.77. The molecule has 2 aliphatic rings. The second kappa shape index (κ2) is 4.38. The van der Waals surface area contributed by atoms with Crippen LogP contribution < -0.4 is 0 Å². The molecule has 1 saturated carbocycles. The predicted octanol–water partition coefficient (Wildman–Crippen LogP) is 3.22. The number of unbranched alkanes of at least 4 members (excludes halogenated alkanes) is 2. The highest BCUT2D eigenvalue weighted by atomic mass is 16.6. The molecule has 1 fully saturated rings. The highest BCUT2D eigenvalue weighted by Gasteiger charge is 2.43. The molecule has 0 saturated heterocycles. The van der Waals surface area contributed by atoms with Gasteiger partial charge in [-0.2, -0.15) is 0 Å². The third kappa shape index (κ3) is 2.42. The van der Waals surface area contributed by atoms with Gasteiger partial charge in [0.1, 0.15) is 5.60 Å². The molecule has 15 heavy (non-hydrogen) atoms. The fourth-order valence-corrected chi connectivity index (χ4v) is 2.63. The Bertz CT molecular complexity index is 270. The lowest BCUT2D eigenvalue weighted by Crippen LogP contribution is -2.28. The van der Waals surface area contributed by atoms with Crippen molar-refractivity contribution in [3.63, 3.8) is 0 Å². The summed E-state index contributed by atoms with van der Waals surface area (Å²) >= 11 is 0. The van der Waals surface area contributed by atoms with Crippen molar-refractivity contribution >= 4 is 5.97 Å². The minimum absolute atomic E-state index is 0.00403. The molecule has 0 heterocycles. The Morgan fingerprint density at radius 1 is 1.53 bits per heavy atom. The van der Waals surface area contributed by atoms with Crippen LogP contribution in [0.4, 0.5) is 0 Å². The highest BCUT2D eigenvalue weighted by molar-refractivity contribution is 5.70. The molecule has 0 spiro atoms. The van der Waals surface area contributed by atoms with E-state index < -0.39 is 0 Å². The SMILES string of the molecule is CCCCCC(=O)OC12C=CC(CC1)C2. The number of ether oxygens (including phenoxy) is 1. The Kier molecular flexibility index (Phi) is 3.13. The molecule has 0 aromatic rings. The lowest BCUT2D eigenvalue weighted by atomic mass is 10.0. The molecule has 84 valence electrons. The van der Waals surface area contributed by atoms with Crippen LogP contribution in [-0.4, -0.2) is 11.6 Å². The Morgan fingerprint density at radius 2 is 2.40 bits per heavy atom. The maximum atomic E-state index is 11.6. The number of hydrogen-bond donors (Lipinski definition) is 0. The molecule has 0 aromatic carbocycles. The summed E-state index contributed by atoms with van der Waals surface area (Å²) in [5.74, 6) is 0.670. The van der Waals surface area contributed by atoms with Gasteiger partial charge in [-0.1, -0.05) is 25.8 Å². The lowest BCUT2D eigenvalue weighted by molar-refractivity contribution is -0.154. The standard InChI is InChI=1S/C13H20O2/c1-2-3-4-5-12(14)15-13-8-6-11(10-13)7-9-13/h6,8,11H,2-5,7,9-10H2,1H3. The summed E-state index contributed by atoms with van der Waals surface area (Å²) in [4.78, 5) is 11.6. The Hall–Kier alpha value is -0.790. The van der Waals surface area contributed by atoms with Gasteiger partial charge in [0.05, 0.1) is 0 Å². The number of hydrogen-bond acceptors (Lipinski definition) is 2. The minimum Gasteiger partial charge on any atom is -0.455 e. The molecule has 2 heteroatoms. The summed E-state index contributed by atoms with van der Waals surface area (Å²) in [6.07, 6.45) is 11.4. The van der Waals surface area contributed by atoms with Crippen molar-refractivity contribution in [2.75, 3.05) is 0 Å². The summed E-state index contributed by atoms with van der Waals surface area (Å²) in [7, 11) is 0. The van der Waals surface area contributed by atoms with Gasteiger partial charge in [0.15, 0.2) is 0 Å². The number of carbonyl (C=O) groups is 1. The van der Waals surface area contributed by atoms with Crippen LogP contribution in [-0.2, 0) is 9.53 Å². The summed E-state index contributed by atoms with van der Waals surface area (Å²) in [6.45, 7) is 2.14. The van der Waals surface area contributed by atoms with E-state index in [-0.39, 0.29) is 11.6 Å². The number of allylic oxidation sites excluding steroid dienone is 1. The summed E-state index contributed by atoms with van der Waals surface area (Å²) in [5.41, 5.74) is -0.200. The first-order chi connectivity index (χ1) is 7.24. The van der Waals surface area contributed by atoms with Crippen molar-refractivity contribution in [2.24, 2.45) is 5.92 Å². The van der Waals surface area contributed by atoms with Crippen LogP contribution in [0.3, 0.4) is 0 Å². The molecule has 0 N–H and O–H groups in total. The van der Waals surface area contributed by atoms with E-state index in [0.29, 0.717) is 12.3 Å². The molecule has 0 radical (unpaired) electrons. The molecule has 0 amide bonds. The molecule has 2 atom stereocenters. The van der Waals surface area contributed by atoms with Crippen LogP contribution in [0.25, 0.3) is 0 Å². The zero-order valence-corrected chi connectivity index (χ0v) is 9.50. The maximum Gasteiger partial charge on any atom is 0.306 e. The molecular weight excluding hydrogens is 188 g/mol.